The first-order chi connectivity index (χ1) is 9.43. The fraction of sp³-hybridized carbons (Fsp3) is 0.273. The van der Waals surface area contributed by atoms with Crippen molar-refractivity contribution in [3.63, 3.8) is 0 Å². The molecule has 0 spiro atoms. The number of aliphatic carboxylic acids is 1. The van der Waals surface area contributed by atoms with Gasteiger partial charge in [0.25, 0.3) is 11.6 Å². The van der Waals surface area contributed by atoms with E-state index < -0.39 is 22.8 Å². The number of carboxylic acids is 1. The molecule has 0 saturated carbocycles. The number of fused-ring (bicyclic) bond motifs is 1. The van der Waals surface area contributed by atoms with Crippen molar-refractivity contribution in [2.24, 2.45) is 0 Å². The summed E-state index contributed by atoms with van der Waals surface area (Å²) in [4.78, 5) is 32.9. The number of non-ortho nitro benzene ring substituents is 1. The summed E-state index contributed by atoms with van der Waals surface area (Å²) in [7, 11) is 1.65. The molecule has 0 fully saturated rings. The molecule has 1 amide bonds. The van der Waals surface area contributed by atoms with E-state index in [0.29, 0.717) is 17.8 Å². The average Bonchev–Trinajstić information content (AvgIpc) is 2.37. The van der Waals surface area contributed by atoms with Crippen LogP contribution in [0.2, 0.25) is 0 Å². The van der Waals surface area contributed by atoms with Gasteiger partial charge in [0.15, 0.2) is 0 Å². The number of nitrogens with zero attached hydrogens (tertiary/aromatic N) is 1. The summed E-state index contributed by atoms with van der Waals surface area (Å²) in [6.45, 7) is 0.291. The lowest BCUT2D eigenvalue weighted by Crippen LogP contribution is -2.45. The van der Waals surface area contributed by atoms with Crippen molar-refractivity contribution in [2.75, 3.05) is 17.7 Å². The average molecular weight is 280 g/mol. The quantitative estimate of drug-likeness (QED) is 0.350. The molecule has 9 nitrogen and oxygen atoms in total. The number of nitrogens with one attached hydrogen (secondary N) is 3. The molecule has 1 aliphatic heterocycles. The SMILES string of the molecule is CNCc1cc([N+](=O)[O-])cc2c1NC(C(=O)O)C(=O)N2. The molecule has 20 heavy (non-hydrogen) atoms. The van der Waals surface area contributed by atoms with Crippen LogP contribution < -0.4 is 16.0 Å². The van der Waals surface area contributed by atoms with Gasteiger partial charge < -0.3 is 21.1 Å². The zero-order valence-corrected chi connectivity index (χ0v) is 10.5. The van der Waals surface area contributed by atoms with E-state index in [9.17, 15) is 19.7 Å². The van der Waals surface area contributed by atoms with Gasteiger partial charge >= 0.3 is 5.97 Å². The van der Waals surface area contributed by atoms with E-state index in [-0.39, 0.29) is 11.4 Å². The Morgan fingerprint density at radius 2 is 2.25 bits per heavy atom. The third-order valence-electron chi connectivity index (χ3n) is 2.84. The first kappa shape index (κ1) is 13.7. The van der Waals surface area contributed by atoms with E-state index in [1.54, 1.807) is 7.05 Å². The highest BCUT2D eigenvalue weighted by Crippen LogP contribution is 2.34. The molecule has 0 aliphatic carbocycles. The van der Waals surface area contributed by atoms with Crippen LogP contribution in [0.4, 0.5) is 17.1 Å². The zero-order valence-electron chi connectivity index (χ0n) is 10.5. The predicted octanol–water partition coefficient (Wildman–Crippen LogP) is 0.131. The van der Waals surface area contributed by atoms with Crippen molar-refractivity contribution < 1.29 is 19.6 Å². The van der Waals surface area contributed by atoms with Crippen molar-refractivity contribution in [3.8, 4) is 0 Å². The zero-order chi connectivity index (χ0) is 14.9. The molecular formula is C11H12N4O5. The minimum atomic E-state index is -1.42. The second-order valence-electron chi connectivity index (χ2n) is 4.22. The van der Waals surface area contributed by atoms with Crippen LogP contribution in [0.15, 0.2) is 12.1 Å². The monoisotopic (exact) mass is 280 g/mol. The number of amides is 1. The van der Waals surface area contributed by atoms with E-state index in [1.807, 2.05) is 0 Å². The topological polar surface area (TPSA) is 134 Å². The smallest absolute Gasteiger partial charge is 0.336 e. The number of carbonyl (C=O) groups is 2. The molecule has 1 atom stereocenters. The molecule has 0 bridgehead atoms. The molecule has 2 rings (SSSR count). The van der Waals surface area contributed by atoms with Gasteiger partial charge in [0.05, 0.1) is 16.3 Å². The van der Waals surface area contributed by atoms with E-state index in [1.165, 1.54) is 12.1 Å². The number of nitro groups is 1. The Morgan fingerprint density at radius 1 is 1.55 bits per heavy atom. The third kappa shape index (κ3) is 2.38. The molecule has 1 aromatic carbocycles. The van der Waals surface area contributed by atoms with Gasteiger partial charge in [0.1, 0.15) is 0 Å². The van der Waals surface area contributed by atoms with Gasteiger partial charge in [-0.2, -0.15) is 0 Å². The van der Waals surface area contributed by atoms with E-state index in [4.69, 9.17) is 5.11 Å². The number of hydrogen-bond acceptors (Lipinski definition) is 6. The highest BCUT2D eigenvalue weighted by atomic mass is 16.6. The summed E-state index contributed by atoms with van der Waals surface area (Å²) in [6, 6.07) is 1.11. The minimum Gasteiger partial charge on any atom is -0.479 e. The molecule has 9 heteroatoms. The third-order valence-corrected chi connectivity index (χ3v) is 2.84. The van der Waals surface area contributed by atoms with Crippen LogP contribution in [-0.4, -0.2) is 35.0 Å². The Kier molecular flexibility index (Phi) is 3.53. The minimum absolute atomic E-state index is 0.176. The maximum Gasteiger partial charge on any atom is 0.336 e. The first-order valence-corrected chi connectivity index (χ1v) is 5.70. The molecule has 1 heterocycles. The fourth-order valence-electron chi connectivity index (χ4n) is 1.98. The molecule has 1 aliphatic rings. The molecule has 0 saturated heterocycles. The van der Waals surface area contributed by atoms with Crippen molar-refractivity contribution in [3.05, 3.63) is 27.8 Å². The first-order valence-electron chi connectivity index (χ1n) is 5.70. The standard InChI is InChI=1S/C11H12N4O5/c1-12-4-5-2-6(15(19)20)3-7-8(5)14-9(11(17)18)10(16)13-7/h2-3,9,12,14H,4H2,1H3,(H,13,16)(H,17,18). The normalized spacial score (nSPS) is 16.9. The van der Waals surface area contributed by atoms with Crippen LogP contribution in [0.3, 0.4) is 0 Å². The van der Waals surface area contributed by atoms with Gasteiger partial charge in [-0.1, -0.05) is 0 Å². The van der Waals surface area contributed by atoms with Crippen LogP contribution in [-0.2, 0) is 16.1 Å². The van der Waals surface area contributed by atoms with E-state index >= 15 is 0 Å². The van der Waals surface area contributed by atoms with Crippen molar-refractivity contribution in [2.45, 2.75) is 12.6 Å². The second-order valence-corrected chi connectivity index (χ2v) is 4.22. The Bertz CT molecular complexity index is 601. The van der Waals surface area contributed by atoms with Crippen LogP contribution >= 0.6 is 0 Å². The Hall–Kier alpha value is -2.68. The fourth-order valence-corrected chi connectivity index (χ4v) is 1.98. The number of benzene rings is 1. The number of rotatable bonds is 4. The second kappa shape index (κ2) is 5.13. The highest BCUT2D eigenvalue weighted by Gasteiger charge is 2.33. The molecule has 1 aromatic rings. The van der Waals surface area contributed by atoms with Gasteiger partial charge in [-0.25, -0.2) is 4.79 Å². The summed E-state index contributed by atoms with van der Waals surface area (Å²) >= 11 is 0. The van der Waals surface area contributed by atoms with Crippen molar-refractivity contribution in [1.29, 1.82) is 0 Å². The number of hydrogen-bond donors (Lipinski definition) is 4. The summed E-state index contributed by atoms with van der Waals surface area (Å²) in [5.74, 6) is -2.08. The molecular weight excluding hydrogens is 268 g/mol. The largest absolute Gasteiger partial charge is 0.479 e. The van der Waals surface area contributed by atoms with Gasteiger partial charge in [-0.05, 0) is 12.6 Å². The van der Waals surface area contributed by atoms with Crippen LogP contribution in [0, 0.1) is 10.1 Å². The maximum absolute atomic E-state index is 11.6. The summed E-state index contributed by atoms with van der Waals surface area (Å²) in [6.07, 6.45) is 0. The maximum atomic E-state index is 11.6. The molecule has 106 valence electrons. The van der Waals surface area contributed by atoms with Gasteiger partial charge in [0.2, 0.25) is 6.04 Å². The van der Waals surface area contributed by atoms with Gasteiger partial charge in [-0.15, -0.1) is 0 Å². The highest BCUT2D eigenvalue weighted by molar-refractivity contribution is 6.14. The number of anilines is 2. The van der Waals surface area contributed by atoms with Crippen molar-refractivity contribution in [1.82, 2.24) is 5.32 Å². The van der Waals surface area contributed by atoms with Crippen LogP contribution in [0.25, 0.3) is 0 Å². The summed E-state index contributed by atoms with van der Waals surface area (Å²) < 4.78 is 0. The lowest BCUT2D eigenvalue weighted by molar-refractivity contribution is -0.384. The molecule has 4 N–H and O–H groups in total. The number of nitro benzene ring substituents is 1. The van der Waals surface area contributed by atoms with Crippen LogP contribution in [0.5, 0.6) is 0 Å². The summed E-state index contributed by atoms with van der Waals surface area (Å²) in [5.41, 5.74) is 0.900. The molecule has 0 aromatic heterocycles. The Morgan fingerprint density at radius 3 is 2.80 bits per heavy atom. The molecule has 1 unspecified atom stereocenters. The lowest BCUT2D eigenvalue weighted by Gasteiger charge is -2.26. The predicted molar refractivity (Wildman–Crippen MR) is 69.5 cm³/mol. The van der Waals surface area contributed by atoms with E-state index in [2.05, 4.69) is 16.0 Å². The number of carboxylic acid groups (broad SMARTS) is 1. The summed E-state index contributed by atoms with van der Waals surface area (Å²) in [5, 5.41) is 27.6. The van der Waals surface area contributed by atoms with Crippen LogP contribution in [0.1, 0.15) is 5.56 Å². The van der Waals surface area contributed by atoms with Crippen molar-refractivity contribution >= 4 is 28.9 Å². The van der Waals surface area contributed by atoms with E-state index in [0.717, 1.165) is 0 Å². The van der Waals surface area contributed by atoms with Gasteiger partial charge in [0, 0.05) is 18.7 Å². The Labute approximate surface area is 113 Å². The lowest BCUT2D eigenvalue weighted by atomic mass is 10.0. The number of carbonyl (C=O) groups excluding carboxylic acids is 1. The molecule has 0 radical (unpaired) electrons. The van der Waals surface area contributed by atoms with Gasteiger partial charge in [-0.3, -0.25) is 14.9 Å². The Balaban J connectivity index is 2.52.